The Kier molecular flexibility index (Phi) is 9.94. The first-order chi connectivity index (χ1) is 17.4. The lowest BCUT2D eigenvalue weighted by Gasteiger charge is -2.27. The molecule has 1 aliphatic rings. The Hall–Kier alpha value is -3.32. The van der Waals surface area contributed by atoms with Gasteiger partial charge in [-0.2, -0.15) is 0 Å². The van der Waals surface area contributed by atoms with Crippen molar-refractivity contribution in [3.63, 3.8) is 0 Å². The molecule has 0 aliphatic carbocycles. The summed E-state index contributed by atoms with van der Waals surface area (Å²) in [5, 5.41) is 11.2. The predicted octanol–water partition coefficient (Wildman–Crippen LogP) is 5.03. The summed E-state index contributed by atoms with van der Waals surface area (Å²) < 4.78 is 11.2. The number of carbonyl (C=O) groups is 2. The number of Topliss-reactive ketones (excluding diaryl/α,β-unsaturated/α-hetero) is 1. The van der Waals surface area contributed by atoms with Crippen molar-refractivity contribution in [1.29, 1.82) is 0 Å². The van der Waals surface area contributed by atoms with Crippen molar-refractivity contribution in [2.75, 3.05) is 39.4 Å². The van der Waals surface area contributed by atoms with Crippen molar-refractivity contribution in [2.24, 2.45) is 0 Å². The number of nitrogens with zero attached hydrogens (tertiary/aromatic N) is 2. The van der Waals surface area contributed by atoms with Gasteiger partial charge in [-0.15, -0.1) is 0 Å². The lowest BCUT2D eigenvalue weighted by Crippen LogP contribution is -2.33. The topological polar surface area (TPSA) is 79.3 Å². The maximum absolute atomic E-state index is 13.2. The molecule has 1 saturated heterocycles. The van der Waals surface area contributed by atoms with Crippen molar-refractivity contribution in [3.05, 3.63) is 65.2 Å². The van der Waals surface area contributed by atoms with E-state index in [2.05, 4.69) is 18.7 Å². The third kappa shape index (κ3) is 6.26. The van der Waals surface area contributed by atoms with Gasteiger partial charge in [0, 0.05) is 12.1 Å². The first-order valence-electron chi connectivity index (χ1n) is 12.9. The molecule has 2 aromatic rings. The molecule has 36 heavy (non-hydrogen) atoms. The molecule has 1 amide bonds. The minimum Gasteiger partial charge on any atom is -0.507 e. The lowest BCUT2D eigenvalue weighted by atomic mass is 9.95. The number of hydrogen-bond donors (Lipinski definition) is 1. The molecule has 1 atom stereocenters. The second-order valence-corrected chi connectivity index (χ2v) is 8.75. The molecule has 2 aromatic carbocycles. The molecular formula is C29H38N2O5. The Morgan fingerprint density at radius 2 is 1.53 bits per heavy atom. The van der Waals surface area contributed by atoms with Crippen LogP contribution in [0.25, 0.3) is 5.76 Å². The van der Waals surface area contributed by atoms with E-state index in [0.717, 1.165) is 43.8 Å². The van der Waals surface area contributed by atoms with E-state index in [4.69, 9.17) is 9.47 Å². The number of ether oxygens (including phenoxy) is 2. The molecule has 3 rings (SSSR count). The molecule has 1 N–H and O–H groups in total. The van der Waals surface area contributed by atoms with Crippen LogP contribution in [-0.2, 0) is 9.59 Å². The van der Waals surface area contributed by atoms with Gasteiger partial charge in [0.1, 0.15) is 17.3 Å². The number of aliphatic hydroxyl groups is 1. The second-order valence-electron chi connectivity index (χ2n) is 8.75. The standard InChI is InChI=1S/C29H38N2O5/c1-5-20-36-24-14-10-21(11-15-24)26-25(27(32)22-12-16-23(17-13-22)35-8-4)28(33)29(34)31(26)19-9-18-30(6-2)7-3/h10-17,26,32H,5-9,18-20H2,1-4H3/t26-/m0/s1. The smallest absolute Gasteiger partial charge is 0.295 e. The Morgan fingerprint density at radius 3 is 2.11 bits per heavy atom. The van der Waals surface area contributed by atoms with E-state index in [9.17, 15) is 14.7 Å². The third-order valence-corrected chi connectivity index (χ3v) is 6.42. The molecule has 1 fully saturated rings. The summed E-state index contributed by atoms with van der Waals surface area (Å²) in [4.78, 5) is 30.3. The van der Waals surface area contributed by atoms with Crippen LogP contribution in [0, 0.1) is 0 Å². The van der Waals surface area contributed by atoms with Gasteiger partial charge in [0.2, 0.25) is 0 Å². The van der Waals surface area contributed by atoms with Crippen molar-refractivity contribution in [2.45, 2.75) is 46.6 Å². The van der Waals surface area contributed by atoms with E-state index >= 15 is 0 Å². The molecule has 0 unspecified atom stereocenters. The van der Waals surface area contributed by atoms with Crippen LogP contribution >= 0.6 is 0 Å². The summed E-state index contributed by atoms with van der Waals surface area (Å²) in [6, 6.07) is 13.6. The number of rotatable bonds is 13. The number of likely N-dealkylation sites (tertiary alicyclic amines) is 1. The Labute approximate surface area is 214 Å². The zero-order chi connectivity index (χ0) is 26.1. The molecule has 1 aliphatic heterocycles. The lowest BCUT2D eigenvalue weighted by molar-refractivity contribution is -0.140. The molecule has 0 saturated carbocycles. The average molecular weight is 495 g/mol. The fourth-order valence-electron chi connectivity index (χ4n) is 4.46. The quantitative estimate of drug-likeness (QED) is 0.239. The van der Waals surface area contributed by atoms with Gasteiger partial charge in [-0.05, 0) is 81.4 Å². The van der Waals surface area contributed by atoms with Gasteiger partial charge < -0.3 is 24.4 Å². The summed E-state index contributed by atoms with van der Waals surface area (Å²) in [5.41, 5.74) is 1.33. The van der Waals surface area contributed by atoms with Crippen molar-refractivity contribution in [1.82, 2.24) is 9.80 Å². The van der Waals surface area contributed by atoms with Crippen LogP contribution in [0.4, 0.5) is 0 Å². The number of ketones is 1. The first-order valence-corrected chi connectivity index (χ1v) is 12.9. The number of aliphatic hydroxyl groups excluding tert-OH is 1. The first kappa shape index (κ1) is 27.3. The van der Waals surface area contributed by atoms with Crippen LogP contribution in [0.1, 0.15) is 57.7 Å². The SMILES string of the molecule is CCCOc1ccc([C@H]2C(=C(O)c3ccc(OCC)cc3)C(=O)C(=O)N2CCCN(CC)CC)cc1. The molecule has 194 valence electrons. The summed E-state index contributed by atoms with van der Waals surface area (Å²) in [6.45, 7) is 12.4. The van der Waals surface area contributed by atoms with Crippen molar-refractivity contribution >= 4 is 17.4 Å². The van der Waals surface area contributed by atoms with Crippen molar-refractivity contribution in [3.8, 4) is 11.5 Å². The van der Waals surface area contributed by atoms with Gasteiger partial charge in [0.25, 0.3) is 11.7 Å². The summed E-state index contributed by atoms with van der Waals surface area (Å²) in [7, 11) is 0. The number of amides is 1. The van der Waals surface area contributed by atoms with Gasteiger partial charge in [0.15, 0.2) is 0 Å². The minimum atomic E-state index is -0.673. The monoisotopic (exact) mass is 494 g/mol. The predicted molar refractivity (Wildman–Crippen MR) is 141 cm³/mol. The van der Waals surface area contributed by atoms with E-state index in [1.165, 1.54) is 0 Å². The Bertz CT molecular complexity index is 1040. The molecule has 0 aromatic heterocycles. The zero-order valence-corrected chi connectivity index (χ0v) is 21.8. The highest BCUT2D eigenvalue weighted by Gasteiger charge is 2.45. The van der Waals surface area contributed by atoms with Crippen LogP contribution < -0.4 is 9.47 Å². The van der Waals surface area contributed by atoms with Gasteiger partial charge in [-0.1, -0.05) is 32.9 Å². The summed E-state index contributed by atoms with van der Waals surface area (Å²) >= 11 is 0. The molecular weight excluding hydrogens is 456 g/mol. The van der Waals surface area contributed by atoms with E-state index in [1.54, 1.807) is 29.2 Å². The molecule has 0 radical (unpaired) electrons. The highest BCUT2D eigenvalue weighted by molar-refractivity contribution is 6.46. The average Bonchev–Trinajstić information content (AvgIpc) is 3.15. The van der Waals surface area contributed by atoms with E-state index in [0.29, 0.717) is 31.1 Å². The number of carbonyl (C=O) groups excluding carboxylic acids is 2. The van der Waals surface area contributed by atoms with Crippen LogP contribution in [0.2, 0.25) is 0 Å². The minimum absolute atomic E-state index is 0.106. The fourth-order valence-corrected chi connectivity index (χ4v) is 4.46. The van der Waals surface area contributed by atoms with E-state index in [1.807, 2.05) is 38.1 Å². The van der Waals surface area contributed by atoms with Crippen LogP contribution in [0.5, 0.6) is 11.5 Å². The van der Waals surface area contributed by atoms with E-state index in [-0.39, 0.29) is 11.3 Å². The fraction of sp³-hybridized carbons (Fsp3) is 0.448. The van der Waals surface area contributed by atoms with Gasteiger partial charge in [-0.3, -0.25) is 9.59 Å². The number of benzene rings is 2. The molecule has 0 spiro atoms. The zero-order valence-electron chi connectivity index (χ0n) is 21.8. The maximum Gasteiger partial charge on any atom is 0.295 e. The largest absolute Gasteiger partial charge is 0.507 e. The van der Waals surface area contributed by atoms with Gasteiger partial charge in [-0.25, -0.2) is 0 Å². The second kappa shape index (κ2) is 13.1. The van der Waals surface area contributed by atoms with Crippen LogP contribution in [0.15, 0.2) is 54.1 Å². The van der Waals surface area contributed by atoms with Gasteiger partial charge in [0.05, 0.1) is 24.8 Å². The highest BCUT2D eigenvalue weighted by atomic mass is 16.5. The Morgan fingerprint density at radius 1 is 0.917 bits per heavy atom. The summed E-state index contributed by atoms with van der Waals surface area (Å²) in [5.74, 6) is -0.0338. The molecule has 1 heterocycles. The molecule has 0 bridgehead atoms. The normalized spacial score (nSPS) is 17.1. The third-order valence-electron chi connectivity index (χ3n) is 6.42. The number of hydrogen-bond acceptors (Lipinski definition) is 6. The van der Waals surface area contributed by atoms with Gasteiger partial charge >= 0.3 is 0 Å². The Balaban J connectivity index is 1.98. The summed E-state index contributed by atoms with van der Waals surface area (Å²) in [6.07, 6.45) is 1.63. The van der Waals surface area contributed by atoms with Crippen molar-refractivity contribution < 1.29 is 24.2 Å². The molecule has 7 nitrogen and oxygen atoms in total. The van der Waals surface area contributed by atoms with E-state index < -0.39 is 17.7 Å². The highest BCUT2D eigenvalue weighted by Crippen LogP contribution is 2.40. The van der Waals surface area contributed by atoms with Crippen LogP contribution in [0.3, 0.4) is 0 Å². The van der Waals surface area contributed by atoms with Crippen LogP contribution in [-0.4, -0.2) is 66.0 Å². The molecule has 7 heteroatoms. The maximum atomic E-state index is 13.2.